The molecule has 2 aliphatic rings. The van der Waals surface area contributed by atoms with Gasteiger partial charge in [0, 0.05) is 17.8 Å². The van der Waals surface area contributed by atoms with Crippen LogP contribution in [0.2, 0.25) is 0 Å². The fourth-order valence-corrected chi connectivity index (χ4v) is 3.74. The molecule has 2 fully saturated rings. The molecule has 120 valence electrons. The van der Waals surface area contributed by atoms with Gasteiger partial charge in [0.15, 0.2) is 0 Å². The number of carboxylic acids is 1. The van der Waals surface area contributed by atoms with Crippen LogP contribution in [0.5, 0.6) is 0 Å². The van der Waals surface area contributed by atoms with Crippen LogP contribution in [0.1, 0.15) is 32.1 Å². The number of hydrogen-bond donors (Lipinski definition) is 2. The van der Waals surface area contributed by atoms with E-state index < -0.39 is 5.97 Å². The number of hydrogen-bond acceptors (Lipinski definition) is 4. The van der Waals surface area contributed by atoms with Crippen LogP contribution < -0.4 is 5.32 Å². The summed E-state index contributed by atoms with van der Waals surface area (Å²) in [5.74, 6) is -0.899. The molecule has 1 aliphatic carbocycles. The van der Waals surface area contributed by atoms with Crippen molar-refractivity contribution in [2.75, 3.05) is 26.0 Å². The van der Waals surface area contributed by atoms with Gasteiger partial charge in [0.25, 0.3) is 0 Å². The quantitative estimate of drug-likeness (QED) is 0.822. The van der Waals surface area contributed by atoms with Crippen LogP contribution in [0.4, 0.5) is 4.79 Å². The molecule has 0 aromatic carbocycles. The molecule has 0 aromatic rings. The number of nitrogens with zero attached hydrogens (tertiary/aromatic N) is 1. The van der Waals surface area contributed by atoms with Gasteiger partial charge < -0.3 is 20.1 Å². The van der Waals surface area contributed by atoms with Crippen LogP contribution in [0, 0.1) is 0 Å². The fraction of sp³-hybridized carbons (Fsp3) is 0.857. The summed E-state index contributed by atoms with van der Waals surface area (Å²) >= 11 is 1.90. The first-order chi connectivity index (χ1) is 10.1. The molecule has 6 nitrogen and oxygen atoms in total. The summed E-state index contributed by atoms with van der Waals surface area (Å²) in [4.78, 5) is 24.9. The molecule has 0 bridgehead atoms. The number of ether oxygens (including phenoxy) is 1. The lowest BCUT2D eigenvalue weighted by Crippen LogP contribution is -2.55. The molecule has 2 N–H and O–H groups in total. The van der Waals surface area contributed by atoms with Crippen molar-refractivity contribution in [3.05, 3.63) is 0 Å². The van der Waals surface area contributed by atoms with Crippen molar-refractivity contribution < 1.29 is 19.4 Å². The van der Waals surface area contributed by atoms with Gasteiger partial charge in [-0.2, -0.15) is 11.8 Å². The van der Waals surface area contributed by atoms with Gasteiger partial charge in [0.05, 0.1) is 25.7 Å². The second-order valence-electron chi connectivity index (χ2n) is 5.68. The number of carbonyl (C=O) groups excluding carboxylic acids is 1. The number of rotatable bonds is 4. The van der Waals surface area contributed by atoms with Crippen molar-refractivity contribution >= 4 is 23.8 Å². The Morgan fingerprint density at radius 2 is 2.05 bits per heavy atom. The van der Waals surface area contributed by atoms with Crippen molar-refractivity contribution in [3.8, 4) is 0 Å². The van der Waals surface area contributed by atoms with E-state index in [-0.39, 0.29) is 24.5 Å². The third-order valence-corrected chi connectivity index (χ3v) is 5.37. The number of amides is 2. The maximum Gasteiger partial charge on any atom is 0.318 e. The monoisotopic (exact) mass is 316 g/mol. The number of aliphatic carboxylic acids is 1. The average Bonchev–Trinajstić information content (AvgIpc) is 2.48. The van der Waals surface area contributed by atoms with Crippen molar-refractivity contribution in [2.24, 2.45) is 0 Å². The summed E-state index contributed by atoms with van der Waals surface area (Å²) in [6.45, 7) is 1.24. The average molecular weight is 316 g/mol. The Morgan fingerprint density at radius 3 is 2.67 bits per heavy atom. The Hall–Kier alpha value is -0.950. The Kier molecular flexibility index (Phi) is 6.17. The number of urea groups is 1. The molecular weight excluding hydrogens is 292 g/mol. The summed E-state index contributed by atoms with van der Waals surface area (Å²) < 4.78 is 5.29. The molecule has 2 rings (SSSR count). The van der Waals surface area contributed by atoms with E-state index >= 15 is 0 Å². The first-order valence-corrected chi connectivity index (χ1v) is 8.78. The van der Waals surface area contributed by atoms with Crippen molar-refractivity contribution in [2.45, 2.75) is 49.4 Å². The second-order valence-corrected chi connectivity index (χ2v) is 6.82. The van der Waals surface area contributed by atoms with Crippen molar-refractivity contribution in [1.82, 2.24) is 10.2 Å². The topological polar surface area (TPSA) is 78.9 Å². The van der Waals surface area contributed by atoms with Gasteiger partial charge in [-0.3, -0.25) is 4.79 Å². The summed E-state index contributed by atoms with van der Waals surface area (Å²) in [6.07, 6.45) is 6.35. The van der Waals surface area contributed by atoms with Crippen LogP contribution in [0.25, 0.3) is 0 Å². The van der Waals surface area contributed by atoms with Gasteiger partial charge in [-0.1, -0.05) is 0 Å². The van der Waals surface area contributed by atoms with Crippen LogP contribution in [-0.2, 0) is 9.53 Å². The molecule has 21 heavy (non-hydrogen) atoms. The molecule has 1 aliphatic heterocycles. The van der Waals surface area contributed by atoms with E-state index in [1.807, 2.05) is 11.8 Å². The van der Waals surface area contributed by atoms with E-state index in [2.05, 4.69) is 11.6 Å². The molecule has 1 saturated carbocycles. The third kappa shape index (κ3) is 4.78. The van der Waals surface area contributed by atoms with E-state index in [9.17, 15) is 9.59 Å². The summed E-state index contributed by atoms with van der Waals surface area (Å²) in [7, 11) is 0. The largest absolute Gasteiger partial charge is 0.481 e. The fourth-order valence-electron chi connectivity index (χ4n) is 2.99. The summed E-state index contributed by atoms with van der Waals surface area (Å²) in [5.41, 5.74) is 0. The van der Waals surface area contributed by atoms with Crippen molar-refractivity contribution in [1.29, 1.82) is 0 Å². The number of thioether (sulfide) groups is 1. The molecular formula is C14H24N2O4S. The number of carbonyl (C=O) groups is 2. The summed E-state index contributed by atoms with van der Waals surface area (Å²) in [6, 6.07) is -0.287. The second kappa shape index (κ2) is 7.89. The third-order valence-electron chi connectivity index (χ3n) is 4.23. The van der Waals surface area contributed by atoms with Gasteiger partial charge in [-0.25, -0.2) is 4.79 Å². The minimum Gasteiger partial charge on any atom is -0.481 e. The summed E-state index contributed by atoms with van der Waals surface area (Å²) in [5, 5.41) is 12.7. The minimum absolute atomic E-state index is 0.0629. The van der Waals surface area contributed by atoms with Crippen LogP contribution >= 0.6 is 11.8 Å². The van der Waals surface area contributed by atoms with Gasteiger partial charge in [0.1, 0.15) is 0 Å². The Morgan fingerprint density at radius 1 is 1.33 bits per heavy atom. The van der Waals surface area contributed by atoms with Gasteiger partial charge in [0.2, 0.25) is 0 Å². The number of carboxylic acid groups (broad SMARTS) is 1. The number of morpholine rings is 1. The van der Waals surface area contributed by atoms with Crippen LogP contribution in [-0.4, -0.2) is 65.4 Å². The highest BCUT2D eigenvalue weighted by Gasteiger charge is 2.31. The number of nitrogens with one attached hydrogen (secondary N) is 1. The predicted octanol–water partition coefficient (Wildman–Crippen LogP) is 1.55. The van der Waals surface area contributed by atoms with Gasteiger partial charge in [-0.05, 0) is 31.9 Å². The molecule has 7 heteroatoms. The highest BCUT2D eigenvalue weighted by atomic mass is 32.2. The SMILES string of the molecule is CSC1CCC(NC(=O)N2CCOCC2CC(=O)O)CC1. The Bertz CT molecular complexity index is 372. The zero-order chi connectivity index (χ0) is 15.2. The van der Waals surface area contributed by atoms with E-state index in [0.717, 1.165) is 25.7 Å². The van der Waals surface area contributed by atoms with Crippen LogP contribution in [0.15, 0.2) is 0 Å². The minimum atomic E-state index is -0.899. The molecule has 1 atom stereocenters. The highest BCUT2D eigenvalue weighted by molar-refractivity contribution is 7.99. The normalized spacial score (nSPS) is 30.0. The molecule has 0 spiro atoms. The lowest BCUT2D eigenvalue weighted by molar-refractivity contribution is -0.139. The highest BCUT2D eigenvalue weighted by Crippen LogP contribution is 2.27. The molecule has 1 heterocycles. The molecule has 2 amide bonds. The van der Waals surface area contributed by atoms with Crippen LogP contribution in [0.3, 0.4) is 0 Å². The first kappa shape index (κ1) is 16.4. The zero-order valence-corrected chi connectivity index (χ0v) is 13.2. The smallest absolute Gasteiger partial charge is 0.318 e. The standard InChI is InChI=1S/C14H24N2O4S/c1-21-12-4-2-10(3-5-12)15-14(19)16-6-7-20-9-11(16)8-13(17)18/h10-12H,2-9H2,1H3,(H,15,19)(H,17,18). The van der Waals surface area contributed by atoms with E-state index in [0.29, 0.717) is 25.0 Å². The maximum atomic E-state index is 12.4. The molecule has 0 radical (unpaired) electrons. The molecule has 1 saturated heterocycles. The van der Waals surface area contributed by atoms with Crippen molar-refractivity contribution in [3.63, 3.8) is 0 Å². The molecule has 0 aromatic heterocycles. The van der Waals surface area contributed by atoms with E-state index in [4.69, 9.17) is 9.84 Å². The van der Waals surface area contributed by atoms with E-state index in [1.54, 1.807) is 4.90 Å². The van der Waals surface area contributed by atoms with Gasteiger partial charge >= 0.3 is 12.0 Å². The Labute approximate surface area is 129 Å². The lowest BCUT2D eigenvalue weighted by Gasteiger charge is -2.37. The predicted molar refractivity (Wildman–Crippen MR) is 81.7 cm³/mol. The molecule has 1 unspecified atom stereocenters. The maximum absolute atomic E-state index is 12.4. The Balaban J connectivity index is 1.84. The zero-order valence-electron chi connectivity index (χ0n) is 12.4. The first-order valence-electron chi connectivity index (χ1n) is 7.49. The van der Waals surface area contributed by atoms with Gasteiger partial charge in [-0.15, -0.1) is 0 Å². The lowest BCUT2D eigenvalue weighted by atomic mass is 9.95. The van der Waals surface area contributed by atoms with E-state index in [1.165, 1.54) is 0 Å².